The van der Waals surface area contributed by atoms with Gasteiger partial charge in [0.05, 0.1) is 19.9 Å². The molecule has 214 valence electrons. The van der Waals surface area contributed by atoms with E-state index in [4.69, 9.17) is 21.1 Å². The van der Waals surface area contributed by atoms with Gasteiger partial charge in [-0.3, -0.25) is 9.59 Å². The zero-order valence-electron chi connectivity index (χ0n) is 23.5. The molecule has 0 aliphatic rings. The molecule has 2 rings (SSSR count). The van der Waals surface area contributed by atoms with Crippen LogP contribution in [0.25, 0.3) is 0 Å². The van der Waals surface area contributed by atoms with Gasteiger partial charge in [0.2, 0.25) is 5.91 Å². The average Bonchev–Trinajstić information content (AvgIpc) is 2.94. The molecular weight excluding hydrogens is 514 g/mol. The maximum absolute atomic E-state index is 12.0. The summed E-state index contributed by atoms with van der Waals surface area (Å²) < 4.78 is 11.3. The van der Waals surface area contributed by atoms with Crippen LogP contribution in [-0.2, 0) is 16.2 Å². The normalized spacial score (nSPS) is 10.9. The van der Waals surface area contributed by atoms with E-state index in [1.165, 1.54) is 57.6 Å². The average molecular weight is 558 g/mol. The summed E-state index contributed by atoms with van der Waals surface area (Å²) in [7, 11) is 1.56. The minimum Gasteiger partial charge on any atom is -0.493 e. The molecule has 2 N–H and O–H groups in total. The Morgan fingerprint density at radius 2 is 1.49 bits per heavy atom. The van der Waals surface area contributed by atoms with Gasteiger partial charge in [0.1, 0.15) is 6.61 Å². The highest BCUT2D eigenvalue weighted by Gasteiger charge is 2.07. The minimum absolute atomic E-state index is 0.102. The number of methoxy groups -OCH3 is 1. The van der Waals surface area contributed by atoms with Gasteiger partial charge in [-0.15, -0.1) is 0 Å². The highest BCUT2D eigenvalue weighted by molar-refractivity contribution is 6.30. The Labute approximate surface area is 238 Å². The molecule has 0 heterocycles. The van der Waals surface area contributed by atoms with Gasteiger partial charge in [0.15, 0.2) is 11.5 Å². The first-order valence-electron chi connectivity index (χ1n) is 14.2. The van der Waals surface area contributed by atoms with Crippen molar-refractivity contribution in [2.45, 2.75) is 90.6 Å². The van der Waals surface area contributed by atoms with Crippen molar-refractivity contribution in [2.24, 2.45) is 5.10 Å². The zero-order valence-corrected chi connectivity index (χ0v) is 24.2. The van der Waals surface area contributed by atoms with E-state index in [9.17, 15) is 9.59 Å². The van der Waals surface area contributed by atoms with E-state index in [1.54, 1.807) is 19.2 Å². The number of amides is 2. The van der Waals surface area contributed by atoms with Gasteiger partial charge in [0.25, 0.3) is 5.91 Å². The molecular formula is C31H44ClN3O4. The van der Waals surface area contributed by atoms with Crippen LogP contribution < -0.4 is 20.2 Å². The number of unbranched alkanes of at least 4 members (excludes halogenated alkanes) is 10. The summed E-state index contributed by atoms with van der Waals surface area (Å²) in [5, 5.41) is 7.30. The van der Waals surface area contributed by atoms with Crippen molar-refractivity contribution in [3.63, 3.8) is 0 Å². The molecule has 7 nitrogen and oxygen atoms in total. The summed E-state index contributed by atoms with van der Waals surface area (Å²) in [6.45, 7) is 2.52. The smallest absolute Gasteiger partial charge is 0.259 e. The Balaban J connectivity index is 1.58. The molecule has 2 aromatic rings. The molecule has 0 radical (unpaired) electrons. The Kier molecular flexibility index (Phi) is 16.4. The van der Waals surface area contributed by atoms with Crippen LogP contribution in [0.15, 0.2) is 47.6 Å². The van der Waals surface area contributed by atoms with Gasteiger partial charge in [0, 0.05) is 11.4 Å². The lowest BCUT2D eigenvalue weighted by Gasteiger charge is -2.11. The SMILES string of the molecule is CCCCCCCCCCCCCC(=O)NCC(=O)N/N=C/c1ccc(OCc2ccc(Cl)cc2)c(OC)c1. The summed E-state index contributed by atoms with van der Waals surface area (Å²) in [5.41, 5.74) is 4.15. The number of carbonyl (C=O) groups is 2. The van der Waals surface area contributed by atoms with Gasteiger partial charge in [-0.25, -0.2) is 5.43 Å². The summed E-state index contributed by atoms with van der Waals surface area (Å²) in [5.74, 6) is 0.653. The second kappa shape index (κ2) is 19.9. The van der Waals surface area contributed by atoms with Crippen molar-refractivity contribution in [2.75, 3.05) is 13.7 Å². The quantitative estimate of drug-likeness (QED) is 0.102. The molecule has 2 aromatic carbocycles. The molecule has 0 saturated carbocycles. The number of hydrazone groups is 1. The largest absolute Gasteiger partial charge is 0.493 e. The third-order valence-corrected chi connectivity index (χ3v) is 6.60. The fourth-order valence-electron chi connectivity index (χ4n) is 4.06. The number of rotatable bonds is 20. The van der Waals surface area contributed by atoms with Crippen LogP contribution in [0.2, 0.25) is 5.02 Å². The molecule has 0 atom stereocenters. The van der Waals surface area contributed by atoms with Crippen LogP contribution in [0.4, 0.5) is 0 Å². The first-order chi connectivity index (χ1) is 19.0. The number of benzene rings is 2. The fourth-order valence-corrected chi connectivity index (χ4v) is 4.19. The first kappa shape index (κ1) is 32.2. The topological polar surface area (TPSA) is 89.0 Å². The van der Waals surface area contributed by atoms with Crippen LogP contribution in [-0.4, -0.2) is 31.7 Å². The summed E-state index contributed by atoms with van der Waals surface area (Å²) in [6, 6.07) is 12.8. The number of ether oxygens (including phenoxy) is 2. The third kappa shape index (κ3) is 14.6. The molecule has 0 bridgehead atoms. The molecule has 8 heteroatoms. The molecule has 0 spiro atoms. The molecule has 0 saturated heterocycles. The molecule has 0 aromatic heterocycles. The Morgan fingerprint density at radius 1 is 0.846 bits per heavy atom. The van der Waals surface area contributed by atoms with Gasteiger partial charge in [-0.2, -0.15) is 5.10 Å². The van der Waals surface area contributed by atoms with Crippen LogP contribution in [0.5, 0.6) is 11.5 Å². The van der Waals surface area contributed by atoms with Gasteiger partial charge >= 0.3 is 0 Å². The van der Waals surface area contributed by atoms with Gasteiger partial charge < -0.3 is 14.8 Å². The highest BCUT2D eigenvalue weighted by atomic mass is 35.5. The zero-order chi connectivity index (χ0) is 28.1. The van der Waals surface area contributed by atoms with Crippen LogP contribution in [0, 0.1) is 0 Å². The van der Waals surface area contributed by atoms with Crippen molar-refractivity contribution in [3.05, 3.63) is 58.6 Å². The number of hydrogen-bond donors (Lipinski definition) is 2. The number of nitrogens with one attached hydrogen (secondary N) is 2. The van der Waals surface area contributed by atoms with Crippen molar-refractivity contribution in [1.29, 1.82) is 0 Å². The molecule has 0 unspecified atom stereocenters. The minimum atomic E-state index is -0.381. The molecule has 0 fully saturated rings. The second-order valence-electron chi connectivity index (χ2n) is 9.68. The molecule has 0 aliphatic carbocycles. The van der Waals surface area contributed by atoms with E-state index in [0.29, 0.717) is 29.5 Å². The van der Waals surface area contributed by atoms with Crippen LogP contribution in [0.1, 0.15) is 95.1 Å². The number of nitrogens with zero attached hydrogens (tertiary/aromatic N) is 1. The lowest BCUT2D eigenvalue weighted by Crippen LogP contribution is -2.34. The number of halogens is 1. The summed E-state index contributed by atoms with van der Waals surface area (Å²) in [6.07, 6.45) is 15.6. The Morgan fingerprint density at radius 3 is 2.13 bits per heavy atom. The molecule has 0 aliphatic heterocycles. The van der Waals surface area contributed by atoms with Gasteiger partial charge in [-0.1, -0.05) is 94.9 Å². The molecule has 39 heavy (non-hydrogen) atoms. The predicted molar refractivity (Wildman–Crippen MR) is 159 cm³/mol. The van der Waals surface area contributed by atoms with Crippen molar-refractivity contribution < 1.29 is 19.1 Å². The van der Waals surface area contributed by atoms with E-state index in [0.717, 1.165) is 30.4 Å². The van der Waals surface area contributed by atoms with Crippen molar-refractivity contribution in [3.8, 4) is 11.5 Å². The Bertz CT molecular complexity index is 1010. The standard InChI is InChI=1S/C31H44ClN3O4/c1-3-4-5-6-7-8-9-10-11-12-13-14-30(36)33-23-31(37)35-34-22-26-17-20-28(29(21-26)38-2)39-24-25-15-18-27(32)19-16-25/h15-22H,3-14,23-24H2,1-2H3,(H,33,36)(H,35,37)/b34-22+. The van der Waals surface area contributed by atoms with Crippen LogP contribution in [0.3, 0.4) is 0 Å². The predicted octanol–water partition coefficient (Wildman–Crippen LogP) is 7.20. The number of carbonyl (C=O) groups excluding carboxylic acids is 2. The maximum atomic E-state index is 12.0. The molecule has 2 amide bonds. The van der Waals surface area contributed by atoms with E-state index >= 15 is 0 Å². The maximum Gasteiger partial charge on any atom is 0.259 e. The third-order valence-electron chi connectivity index (χ3n) is 6.35. The lowest BCUT2D eigenvalue weighted by atomic mass is 10.1. The van der Waals surface area contributed by atoms with Gasteiger partial charge in [-0.05, 0) is 47.9 Å². The Hall–Kier alpha value is -3.06. The lowest BCUT2D eigenvalue weighted by molar-refractivity contribution is -0.126. The highest BCUT2D eigenvalue weighted by Crippen LogP contribution is 2.28. The summed E-state index contributed by atoms with van der Waals surface area (Å²) >= 11 is 5.92. The van der Waals surface area contributed by atoms with Crippen LogP contribution >= 0.6 is 11.6 Å². The van der Waals surface area contributed by atoms with E-state index < -0.39 is 0 Å². The summed E-state index contributed by atoms with van der Waals surface area (Å²) in [4.78, 5) is 24.0. The number of hydrogen-bond acceptors (Lipinski definition) is 5. The van der Waals surface area contributed by atoms with E-state index in [-0.39, 0.29) is 18.4 Å². The fraction of sp³-hybridized carbons (Fsp3) is 0.516. The van der Waals surface area contributed by atoms with Crippen molar-refractivity contribution in [1.82, 2.24) is 10.7 Å². The van der Waals surface area contributed by atoms with E-state index in [2.05, 4.69) is 22.8 Å². The van der Waals surface area contributed by atoms with Crippen molar-refractivity contribution >= 4 is 29.6 Å². The second-order valence-corrected chi connectivity index (χ2v) is 10.1. The monoisotopic (exact) mass is 557 g/mol. The first-order valence-corrected chi connectivity index (χ1v) is 14.5. The van der Waals surface area contributed by atoms with E-state index in [1.807, 2.05) is 30.3 Å².